The van der Waals surface area contributed by atoms with Gasteiger partial charge in [-0.1, -0.05) is 64.0 Å². The first-order valence-electron chi connectivity index (χ1n) is 11.9. The molecule has 32 heavy (non-hydrogen) atoms. The molecular formula is C25H33F3N4. The third-order valence-electron chi connectivity index (χ3n) is 6.43. The Morgan fingerprint density at radius 1 is 1.00 bits per heavy atom. The van der Waals surface area contributed by atoms with Crippen molar-refractivity contribution in [2.75, 3.05) is 24.7 Å². The van der Waals surface area contributed by atoms with E-state index < -0.39 is 11.7 Å². The lowest BCUT2D eigenvalue weighted by Crippen LogP contribution is -2.44. The van der Waals surface area contributed by atoms with Gasteiger partial charge in [0.2, 0.25) is 0 Å². The normalized spacial score (nSPS) is 16.2. The number of rotatable bonds is 10. The summed E-state index contributed by atoms with van der Waals surface area (Å²) in [4.78, 5) is 4.72. The van der Waals surface area contributed by atoms with E-state index in [9.17, 15) is 13.2 Å². The van der Waals surface area contributed by atoms with Crippen LogP contribution < -0.4 is 4.90 Å². The highest BCUT2D eigenvalue weighted by molar-refractivity contribution is 5.74. The minimum Gasteiger partial charge on any atom is -0.339 e. The fraction of sp³-hybridized carbons (Fsp3) is 0.560. The second-order valence-electron chi connectivity index (χ2n) is 8.96. The molecule has 0 aliphatic carbocycles. The zero-order chi connectivity index (χ0) is 22.6. The molecule has 0 saturated heterocycles. The lowest BCUT2D eigenvalue weighted by atomic mass is 10.1. The van der Waals surface area contributed by atoms with Crippen molar-refractivity contribution in [1.82, 2.24) is 14.7 Å². The summed E-state index contributed by atoms with van der Waals surface area (Å²) in [7, 11) is 0. The van der Waals surface area contributed by atoms with Crippen LogP contribution >= 0.6 is 0 Å². The van der Waals surface area contributed by atoms with Crippen LogP contribution in [0.5, 0.6) is 0 Å². The Bertz CT molecular complexity index is 932. The number of hydrogen-bond acceptors (Lipinski definition) is 3. The fourth-order valence-corrected chi connectivity index (χ4v) is 4.74. The van der Waals surface area contributed by atoms with Crippen LogP contribution in [0.2, 0.25) is 0 Å². The topological polar surface area (TPSA) is 24.3 Å². The first-order chi connectivity index (χ1) is 15.5. The molecule has 1 aromatic carbocycles. The molecule has 3 heterocycles. The molecule has 0 radical (unpaired) electrons. The van der Waals surface area contributed by atoms with Crippen LogP contribution in [0.4, 0.5) is 19.0 Å². The van der Waals surface area contributed by atoms with Crippen molar-refractivity contribution in [2.45, 2.75) is 71.0 Å². The summed E-state index contributed by atoms with van der Waals surface area (Å²) < 4.78 is 41.3. The van der Waals surface area contributed by atoms with Gasteiger partial charge in [0.05, 0.1) is 24.1 Å². The molecule has 2 aromatic rings. The number of aromatic nitrogens is 2. The third kappa shape index (κ3) is 5.20. The van der Waals surface area contributed by atoms with Crippen LogP contribution in [0.3, 0.4) is 0 Å². The van der Waals surface area contributed by atoms with E-state index in [-0.39, 0.29) is 0 Å². The molecule has 0 N–H and O–H groups in total. The van der Waals surface area contributed by atoms with Crippen molar-refractivity contribution in [3.8, 4) is 0 Å². The van der Waals surface area contributed by atoms with Crippen LogP contribution in [-0.2, 0) is 12.7 Å². The molecular weight excluding hydrogens is 413 g/mol. The Balaban J connectivity index is 1.36. The van der Waals surface area contributed by atoms with Crippen molar-refractivity contribution < 1.29 is 13.2 Å². The zero-order valence-corrected chi connectivity index (χ0v) is 18.9. The highest BCUT2D eigenvalue weighted by Gasteiger charge is 2.33. The predicted molar refractivity (Wildman–Crippen MR) is 122 cm³/mol. The second-order valence-corrected chi connectivity index (χ2v) is 8.96. The van der Waals surface area contributed by atoms with Gasteiger partial charge in [-0.05, 0) is 24.6 Å². The van der Waals surface area contributed by atoms with Crippen LogP contribution in [0.25, 0.3) is 5.70 Å². The lowest BCUT2D eigenvalue weighted by Gasteiger charge is -2.39. The van der Waals surface area contributed by atoms with Gasteiger partial charge >= 0.3 is 6.18 Å². The average molecular weight is 447 g/mol. The summed E-state index contributed by atoms with van der Waals surface area (Å²) in [5.74, 6) is 1.02. The van der Waals surface area contributed by atoms with E-state index in [2.05, 4.69) is 21.8 Å². The number of anilines is 1. The first kappa shape index (κ1) is 22.9. The number of benzene rings is 1. The van der Waals surface area contributed by atoms with Crippen molar-refractivity contribution in [2.24, 2.45) is 0 Å². The Morgan fingerprint density at radius 3 is 2.50 bits per heavy atom. The molecule has 0 unspecified atom stereocenters. The van der Waals surface area contributed by atoms with Gasteiger partial charge < -0.3 is 4.90 Å². The highest BCUT2D eigenvalue weighted by atomic mass is 19.4. The predicted octanol–water partition coefficient (Wildman–Crippen LogP) is 6.52. The Kier molecular flexibility index (Phi) is 7.23. The van der Waals surface area contributed by atoms with Crippen molar-refractivity contribution in [3.05, 3.63) is 53.2 Å². The van der Waals surface area contributed by atoms with Crippen LogP contribution in [0.15, 0.2) is 36.5 Å². The molecule has 0 amide bonds. The summed E-state index contributed by atoms with van der Waals surface area (Å²) in [5, 5.41) is 4.55. The molecule has 0 fully saturated rings. The smallest absolute Gasteiger partial charge is 0.339 e. The monoisotopic (exact) mass is 446 g/mol. The van der Waals surface area contributed by atoms with Gasteiger partial charge in [0, 0.05) is 30.8 Å². The number of nitrogens with zero attached hydrogens (tertiary/aromatic N) is 4. The van der Waals surface area contributed by atoms with E-state index in [1.807, 2.05) is 17.0 Å². The maximum Gasteiger partial charge on any atom is 0.416 e. The summed E-state index contributed by atoms with van der Waals surface area (Å²) in [6.07, 6.45) is 9.99. The minimum absolute atomic E-state index is 0.548. The lowest BCUT2D eigenvalue weighted by molar-refractivity contribution is -0.137. The van der Waals surface area contributed by atoms with Gasteiger partial charge in [0.15, 0.2) is 0 Å². The summed E-state index contributed by atoms with van der Waals surface area (Å²) in [5.41, 5.74) is 1.79. The summed E-state index contributed by atoms with van der Waals surface area (Å²) >= 11 is 0. The van der Waals surface area contributed by atoms with E-state index >= 15 is 0 Å². The number of alkyl halides is 3. The van der Waals surface area contributed by atoms with E-state index in [1.54, 1.807) is 6.07 Å². The molecule has 4 nitrogen and oxygen atoms in total. The van der Waals surface area contributed by atoms with Crippen molar-refractivity contribution in [1.29, 1.82) is 0 Å². The fourth-order valence-electron chi connectivity index (χ4n) is 4.74. The molecule has 4 rings (SSSR count). The minimum atomic E-state index is -4.35. The largest absolute Gasteiger partial charge is 0.416 e. The van der Waals surface area contributed by atoms with Gasteiger partial charge in [-0.2, -0.15) is 18.3 Å². The molecule has 174 valence electrons. The average Bonchev–Trinajstić information content (AvgIpc) is 3.20. The number of halogens is 3. The van der Waals surface area contributed by atoms with E-state index in [4.69, 9.17) is 0 Å². The number of unbranched alkanes of at least 4 members (excludes halogenated alkanes) is 7. The van der Waals surface area contributed by atoms with Crippen LogP contribution in [-0.4, -0.2) is 34.4 Å². The number of hydrogen-bond donors (Lipinski definition) is 0. The zero-order valence-electron chi connectivity index (χ0n) is 18.9. The molecule has 7 heteroatoms. The SMILES string of the molecule is CCCCCCCCCCN1Cc2cnn3c2N(CC=C3c2cccc(C(F)(F)F)c2)C1. The third-order valence-corrected chi connectivity index (χ3v) is 6.43. The van der Waals surface area contributed by atoms with Crippen LogP contribution in [0, 0.1) is 0 Å². The van der Waals surface area contributed by atoms with Gasteiger partial charge in [-0.25, -0.2) is 4.68 Å². The van der Waals surface area contributed by atoms with Crippen LogP contribution in [0.1, 0.15) is 75.0 Å². The quantitative estimate of drug-likeness (QED) is 0.388. The Labute approximate surface area is 188 Å². The van der Waals surface area contributed by atoms with E-state index in [0.717, 1.165) is 42.9 Å². The molecule has 0 saturated carbocycles. The van der Waals surface area contributed by atoms with Gasteiger partial charge in [0.25, 0.3) is 0 Å². The Morgan fingerprint density at radius 2 is 1.75 bits per heavy atom. The highest BCUT2D eigenvalue weighted by Crippen LogP contribution is 2.36. The maximum absolute atomic E-state index is 13.2. The standard InChI is InChI=1S/C25H33F3N4/c1-2-3-4-5-6-7-8-9-14-30-18-21-17-29-32-23(13-15-31(19-30)24(21)32)20-11-10-12-22(16-20)25(26,27)28/h10-13,16-17H,2-9,14-15,18-19H2,1H3. The van der Waals surface area contributed by atoms with Gasteiger partial charge in [0.1, 0.15) is 5.82 Å². The maximum atomic E-state index is 13.2. The van der Waals surface area contributed by atoms with Crippen molar-refractivity contribution >= 4 is 11.5 Å². The summed E-state index contributed by atoms with van der Waals surface area (Å²) in [6, 6.07) is 5.52. The van der Waals surface area contributed by atoms with Gasteiger partial charge in [-0.15, -0.1) is 0 Å². The summed E-state index contributed by atoms with van der Waals surface area (Å²) in [6.45, 7) is 5.68. The molecule has 0 spiro atoms. The Hall–Kier alpha value is -2.28. The molecule has 2 aliphatic heterocycles. The molecule has 0 bridgehead atoms. The molecule has 1 aromatic heterocycles. The van der Waals surface area contributed by atoms with Crippen molar-refractivity contribution in [3.63, 3.8) is 0 Å². The van der Waals surface area contributed by atoms with E-state index in [0.29, 0.717) is 12.1 Å². The van der Waals surface area contributed by atoms with E-state index in [1.165, 1.54) is 63.5 Å². The first-order valence-corrected chi connectivity index (χ1v) is 11.9. The molecule has 0 atom stereocenters. The van der Waals surface area contributed by atoms with Gasteiger partial charge in [-0.3, -0.25) is 4.90 Å². The molecule has 2 aliphatic rings. The second kappa shape index (κ2) is 10.1.